The fraction of sp³-hybridized carbons (Fsp3) is 0.467. The van der Waals surface area contributed by atoms with Crippen molar-refractivity contribution in [2.45, 2.75) is 17.7 Å². The zero-order valence-corrected chi connectivity index (χ0v) is 14.6. The number of nitrogens with zero attached hydrogens (tertiary/aromatic N) is 3. The highest BCUT2D eigenvalue weighted by molar-refractivity contribution is 7.89. The van der Waals surface area contributed by atoms with E-state index in [9.17, 15) is 17.2 Å². The number of nitrogens with one attached hydrogen (secondary N) is 1. The first-order valence-corrected chi connectivity index (χ1v) is 9.09. The van der Waals surface area contributed by atoms with Gasteiger partial charge < -0.3 is 4.74 Å². The summed E-state index contributed by atoms with van der Waals surface area (Å²) >= 11 is 0. The molecule has 10 heteroatoms. The molecule has 136 valence electrons. The molecule has 1 fully saturated rings. The fourth-order valence-electron chi connectivity index (χ4n) is 2.99. The second-order valence-electron chi connectivity index (χ2n) is 5.92. The Morgan fingerprint density at radius 3 is 2.76 bits per heavy atom. The van der Waals surface area contributed by atoms with Crippen LogP contribution < -0.4 is 4.74 Å². The lowest BCUT2D eigenvalue weighted by molar-refractivity contribution is 0.345. The van der Waals surface area contributed by atoms with Gasteiger partial charge in [-0.05, 0) is 25.1 Å². The Labute approximate surface area is 144 Å². The van der Waals surface area contributed by atoms with Crippen LogP contribution in [0.5, 0.6) is 5.75 Å². The minimum atomic E-state index is -4.05. The number of aryl methyl sites for hydroxylation is 1. The van der Waals surface area contributed by atoms with Gasteiger partial charge in [-0.2, -0.15) is 9.40 Å². The van der Waals surface area contributed by atoms with Gasteiger partial charge in [-0.3, -0.25) is 9.49 Å². The quantitative estimate of drug-likeness (QED) is 0.862. The predicted molar refractivity (Wildman–Crippen MR) is 85.0 cm³/mol. The number of aromatic amines is 1. The molecule has 0 aliphatic carbocycles. The van der Waals surface area contributed by atoms with Crippen molar-refractivity contribution in [1.82, 2.24) is 19.5 Å². The summed E-state index contributed by atoms with van der Waals surface area (Å²) in [6.07, 6.45) is 0. The second-order valence-corrected chi connectivity index (χ2v) is 7.82. The Balaban J connectivity index is 1.95. The zero-order valence-electron chi connectivity index (χ0n) is 13.7. The van der Waals surface area contributed by atoms with Crippen LogP contribution in [0.15, 0.2) is 23.1 Å². The van der Waals surface area contributed by atoms with Crippen molar-refractivity contribution in [3.63, 3.8) is 0 Å². The van der Waals surface area contributed by atoms with E-state index in [1.165, 1.54) is 13.2 Å². The lowest BCUT2D eigenvalue weighted by atomic mass is 9.97. The van der Waals surface area contributed by atoms with Gasteiger partial charge in [0.2, 0.25) is 10.0 Å². The summed E-state index contributed by atoms with van der Waals surface area (Å²) in [6.45, 7) is 0.997. The van der Waals surface area contributed by atoms with Gasteiger partial charge in [-0.25, -0.2) is 17.8 Å². The van der Waals surface area contributed by atoms with Crippen molar-refractivity contribution in [1.29, 1.82) is 0 Å². The van der Waals surface area contributed by atoms with E-state index in [-0.39, 0.29) is 23.7 Å². The van der Waals surface area contributed by atoms with Crippen LogP contribution in [0.3, 0.4) is 0 Å². The molecule has 0 amide bonds. The molecule has 1 N–H and O–H groups in total. The average molecular weight is 372 g/mol. The van der Waals surface area contributed by atoms with E-state index in [1.54, 1.807) is 6.92 Å². The van der Waals surface area contributed by atoms with Crippen LogP contribution in [0.2, 0.25) is 0 Å². The van der Waals surface area contributed by atoms with Gasteiger partial charge in [-0.1, -0.05) is 0 Å². The van der Waals surface area contributed by atoms with E-state index >= 15 is 0 Å². The van der Waals surface area contributed by atoms with E-state index in [1.807, 2.05) is 0 Å². The average Bonchev–Trinajstić information content (AvgIpc) is 3.20. The maximum Gasteiger partial charge on any atom is 0.246 e. The molecule has 2 heterocycles. The van der Waals surface area contributed by atoms with Crippen LogP contribution in [0.4, 0.5) is 8.78 Å². The fourth-order valence-corrected chi connectivity index (χ4v) is 4.68. The Morgan fingerprint density at radius 2 is 2.16 bits per heavy atom. The van der Waals surface area contributed by atoms with E-state index in [4.69, 9.17) is 4.74 Å². The Kier molecular flexibility index (Phi) is 4.74. The number of hydrogen-bond donors (Lipinski definition) is 1. The van der Waals surface area contributed by atoms with Gasteiger partial charge in [0.15, 0.2) is 5.82 Å². The first kappa shape index (κ1) is 17.7. The van der Waals surface area contributed by atoms with Crippen LogP contribution in [0.25, 0.3) is 0 Å². The predicted octanol–water partition coefficient (Wildman–Crippen LogP) is 1.63. The number of hydrogen-bond acceptors (Lipinski definition) is 5. The lowest BCUT2D eigenvalue weighted by Crippen LogP contribution is -2.29. The summed E-state index contributed by atoms with van der Waals surface area (Å²) in [5.41, 5.74) is 0. The molecule has 1 saturated heterocycles. The number of sulfonamides is 1. The number of alkyl halides is 1. The van der Waals surface area contributed by atoms with Gasteiger partial charge in [-0.15, -0.1) is 0 Å². The lowest BCUT2D eigenvalue weighted by Gasteiger charge is -2.18. The summed E-state index contributed by atoms with van der Waals surface area (Å²) in [5, 5.41) is 6.70. The number of ether oxygens (including phenoxy) is 1. The molecule has 3 rings (SSSR count). The SMILES string of the molecule is COc1ccc(F)cc1S(=O)(=O)N1CC(CF)C(c2n[nH]c(C)n2)C1. The number of H-pyrrole nitrogens is 1. The van der Waals surface area contributed by atoms with Crippen LogP contribution in [-0.2, 0) is 10.0 Å². The molecule has 1 aromatic carbocycles. The third-order valence-electron chi connectivity index (χ3n) is 4.30. The minimum absolute atomic E-state index is 0.0217. The summed E-state index contributed by atoms with van der Waals surface area (Å²) in [4.78, 5) is 3.91. The van der Waals surface area contributed by atoms with E-state index in [0.29, 0.717) is 11.6 Å². The summed E-state index contributed by atoms with van der Waals surface area (Å²) in [5.74, 6) is -0.740. The van der Waals surface area contributed by atoms with Gasteiger partial charge in [0.05, 0.1) is 13.8 Å². The molecule has 0 spiro atoms. The molecule has 1 aliphatic rings. The van der Waals surface area contributed by atoms with Crippen LogP contribution >= 0.6 is 0 Å². The molecule has 2 atom stereocenters. The normalized spacial score (nSPS) is 21.6. The smallest absolute Gasteiger partial charge is 0.246 e. The Hall–Kier alpha value is -2.07. The van der Waals surface area contributed by atoms with Crippen molar-refractivity contribution in [3.8, 4) is 5.75 Å². The van der Waals surface area contributed by atoms with Crippen molar-refractivity contribution in [2.75, 3.05) is 26.9 Å². The maximum atomic E-state index is 13.6. The van der Waals surface area contributed by atoms with Crippen LogP contribution in [0.1, 0.15) is 17.6 Å². The van der Waals surface area contributed by atoms with Crippen LogP contribution in [0, 0.1) is 18.7 Å². The molecule has 0 saturated carbocycles. The first-order valence-electron chi connectivity index (χ1n) is 7.65. The topological polar surface area (TPSA) is 88.2 Å². The molecule has 2 unspecified atom stereocenters. The van der Waals surface area contributed by atoms with Gasteiger partial charge in [0.1, 0.15) is 22.3 Å². The first-order chi connectivity index (χ1) is 11.9. The molecule has 1 aliphatic heterocycles. The third kappa shape index (κ3) is 3.23. The molecular formula is C15H18F2N4O3S. The molecule has 1 aromatic heterocycles. The molecular weight excluding hydrogens is 354 g/mol. The number of benzene rings is 1. The highest BCUT2D eigenvalue weighted by Crippen LogP contribution is 2.36. The highest BCUT2D eigenvalue weighted by Gasteiger charge is 2.42. The van der Waals surface area contributed by atoms with Crippen molar-refractivity contribution in [2.24, 2.45) is 5.92 Å². The maximum absolute atomic E-state index is 13.6. The van der Waals surface area contributed by atoms with Gasteiger partial charge >= 0.3 is 0 Å². The molecule has 0 bridgehead atoms. The standard InChI is InChI=1S/C15H18F2N4O3S/c1-9-18-15(20-19-9)12-8-21(7-10(12)6-16)25(22,23)14-5-11(17)3-4-13(14)24-2/h3-5,10,12H,6-8H2,1-2H3,(H,18,19,20). The number of methoxy groups -OCH3 is 1. The highest BCUT2D eigenvalue weighted by atomic mass is 32.2. The molecule has 25 heavy (non-hydrogen) atoms. The second kappa shape index (κ2) is 6.68. The minimum Gasteiger partial charge on any atom is -0.495 e. The number of aromatic nitrogens is 3. The molecule has 2 aromatic rings. The van der Waals surface area contributed by atoms with Crippen molar-refractivity contribution < 1.29 is 21.9 Å². The Bertz CT molecular complexity index is 871. The van der Waals surface area contributed by atoms with Gasteiger partial charge in [0.25, 0.3) is 0 Å². The molecule has 7 nitrogen and oxygen atoms in total. The summed E-state index contributed by atoms with van der Waals surface area (Å²) in [7, 11) is -2.74. The largest absolute Gasteiger partial charge is 0.495 e. The van der Waals surface area contributed by atoms with E-state index in [0.717, 1.165) is 16.4 Å². The zero-order chi connectivity index (χ0) is 18.2. The monoisotopic (exact) mass is 372 g/mol. The van der Waals surface area contributed by atoms with Gasteiger partial charge in [0, 0.05) is 24.9 Å². The van der Waals surface area contributed by atoms with Crippen molar-refractivity contribution in [3.05, 3.63) is 35.7 Å². The van der Waals surface area contributed by atoms with Crippen molar-refractivity contribution >= 4 is 10.0 Å². The summed E-state index contributed by atoms with van der Waals surface area (Å²) in [6, 6.07) is 3.27. The van der Waals surface area contributed by atoms with E-state index < -0.39 is 34.4 Å². The molecule has 0 radical (unpaired) electrons. The van der Waals surface area contributed by atoms with Crippen LogP contribution in [-0.4, -0.2) is 54.8 Å². The third-order valence-corrected chi connectivity index (χ3v) is 6.15. The number of halogens is 2. The van der Waals surface area contributed by atoms with E-state index in [2.05, 4.69) is 15.2 Å². The summed E-state index contributed by atoms with van der Waals surface area (Å²) < 4.78 is 59.0. The Morgan fingerprint density at radius 1 is 1.40 bits per heavy atom. The number of rotatable bonds is 5.